The Morgan fingerprint density at radius 1 is 1.21 bits per heavy atom. The van der Waals surface area contributed by atoms with Crippen molar-refractivity contribution in [3.05, 3.63) is 47.6 Å². The standard InChI is InChI=1S/C17H19ClN2O3S/c1-2-22-13-5-7-14(8-6-13)23-11-10-19-16(21)12-24-17-15(18)4-3-9-20-17/h3-9H,2,10-12H2,1H3,(H,19,21). The van der Waals surface area contributed by atoms with Gasteiger partial charge in [-0.3, -0.25) is 4.79 Å². The van der Waals surface area contributed by atoms with Crippen LogP contribution in [-0.2, 0) is 4.79 Å². The number of pyridine rings is 1. The smallest absolute Gasteiger partial charge is 0.230 e. The van der Waals surface area contributed by atoms with Crippen LogP contribution in [-0.4, -0.2) is 36.4 Å². The molecule has 0 aliphatic carbocycles. The fraction of sp³-hybridized carbons (Fsp3) is 0.294. The minimum atomic E-state index is -0.0861. The first-order valence-electron chi connectivity index (χ1n) is 7.54. The zero-order valence-electron chi connectivity index (χ0n) is 13.3. The molecule has 1 aromatic carbocycles. The predicted molar refractivity (Wildman–Crippen MR) is 96.1 cm³/mol. The SMILES string of the molecule is CCOc1ccc(OCCNC(=O)CSc2ncccc2Cl)cc1. The summed E-state index contributed by atoms with van der Waals surface area (Å²) < 4.78 is 10.9. The molecule has 24 heavy (non-hydrogen) atoms. The van der Waals surface area contributed by atoms with Crippen molar-refractivity contribution in [2.24, 2.45) is 0 Å². The number of rotatable bonds is 9. The van der Waals surface area contributed by atoms with Crippen molar-refractivity contribution in [1.29, 1.82) is 0 Å². The normalized spacial score (nSPS) is 10.2. The molecule has 2 rings (SSSR count). The van der Waals surface area contributed by atoms with Gasteiger partial charge in [0.1, 0.15) is 23.1 Å². The summed E-state index contributed by atoms with van der Waals surface area (Å²) in [6.45, 7) is 3.40. The van der Waals surface area contributed by atoms with Crippen molar-refractivity contribution in [2.75, 3.05) is 25.5 Å². The highest BCUT2D eigenvalue weighted by Crippen LogP contribution is 2.23. The summed E-state index contributed by atoms with van der Waals surface area (Å²) in [5.74, 6) is 1.72. The number of aromatic nitrogens is 1. The van der Waals surface area contributed by atoms with E-state index in [-0.39, 0.29) is 11.7 Å². The molecule has 0 saturated heterocycles. The van der Waals surface area contributed by atoms with E-state index in [1.54, 1.807) is 18.3 Å². The zero-order valence-corrected chi connectivity index (χ0v) is 14.9. The maximum atomic E-state index is 11.8. The molecule has 0 saturated carbocycles. The Hall–Kier alpha value is -1.92. The number of halogens is 1. The van der Waals surface area contributed by atoms with Crippen LogP contribution in [0.5, 0.6) is 11.5 Å². The first-order valence-corrected chi connectivity index (χ1v) is 8.91. The molecule has 1 amide bonds. The number of carbonyl (C=O) groups excluding carboxylic acids is 1. The second-order valence-electron chi connectivity index (χ2n) is 4.68. The lowest BCUT2D eigenvalue weighted by Gasteiger charge is -2.09. The van der Waals surface area contributed by atoms with Crippen LogP contribution in [0.15, 0.2) is 47.6 Å². The van der Waals surface area contributed by atoms with Gasteiger partial charge in [0.25, 0.3) is 0 Å². The summed E-state index contributed by atoms with van der Waals surface area (Å²) in [7, 11) is 0. The largest absolute Gasteiger partial charge is 0.494 e. The van der Waals surface area contributed by atoms with Crippen LogP contribution in [0.4, 0.5) is 0 Å². The van der Waals surface area contributed by atoms with Gasteiger partial charge < -0.3 is 14.8 Å². The van der Waals surface area contributed by atoms with Crippen molar-refractivity contribution in [3.63, 3.8) is 0 Å². The van der Waals surface area contributed by atoms with Gasteiger partial charge in [-0.05, 0) is 43.3 Å². The maximum absolute atomic E-state index is 11.8. The van der Waals surface area contributed by atoms with Crippen molar-refractivity contribution >= 4 is 29.3 Å². The molecule has 0 atom stereocenters. The van der Waals surface area contributed by atoms with Crippen LogP contribution in [0.1, 0.15) is 6.92 Å². The van der Waals surface area contributed by atoms with E-state index >= 15 is 0 Å². The number of nitrogens with zero attached hydrogens (tertiary/aromatic N) is 1. The fourth-order valence-corrected chi connectivity index (χ4v) is 2.82. The summed E-state index contributed by atoms with van der Waals surface area (Å²) in [4.78, 5) is 15.9. The van der Waals surface area contributed by atoms with E-state index in [4.69, 9.17) is 21.1 Å². The van der Waals surface area contributed by atoms with E-state index in [9.17, 15) is 4.79 Å². The predicted octanol–water partition coefficient (Wildman–Crippen LogP) is 3.42. The second-order valence-corrected chi connectivity index (χ2v) is 6.05. The molecule has 7 heteroatoms. The number of carbonyl (C=O) groups is 1. The molecule has 0 unspecified atom stereocenters. The van der Waals surface area contributed by atoms with Crippen molar-refractivity contribution < 1.29 is 14.3 Å². The van der Waals surface area contributed by atoms with Crippen molar-refractivity contribution in [2.45, 2.75) is 11.9 Å². The molecule has 0 aliphatic rings. The summed E-state index contributed by atoms with van der Waals surface area (Å²) in [5.41, 5.74) is 0. The van der Waals surface area contributed by atoms with Gasteiger partial charge in [0.15, 0.2) is 0 Å². The van der Waals surface area contributed by atoms with Crippen molar-refractivity contribution in [1.82, 2.24) is 10.3 Å². The first kappa shape index (κ1) is 18.4. The van der Waals surface area contributed by atoms with E-state index < -0.39 is 0 Å². The Bertz CT molecular complexity index is 653. The van der Waals surface area contributed by atoms with Gasteiger partial charge in [0, 0.05) is 6.20 Å². The third-order valence-corrected chi connectivity index (χ3v) is 4.31. The van der Waals surface area contributed by atoms with Crippen LogP contribution in [0.3, 0.4) is 0 Å². The number of amides is 1. The fourth-order valence-electron chi connectivity index (χ4n) is 1.82. The third kappa shape index (κ3) is 6.29. The highest BCUT2D eigenvalue weighted by molar-refractivity contribution is 8.00. The molecule has 0 radical (unpaired) electrons. The molecular formula is C17H19ClN2O3S. The van der Waals surface area contributed by atoms with Crippen LogP contribution in [0.25, 0.3) is 0 Å². The highest BCUT2D eigenvalue weighted by Gasteiger charge is 2.06. The molecule has 0 bridgehead atoms. The summed E-state index contributed by atoms with van der Waals surface area (Å²) >= 11 is 7.30. The number of hydrogen-bond acceptors (Lipinski definition) is 5. The number of hydrogen-bond donors (Lipinski definition) is 1. The Balaban J connectivity index is 1.63. The van der Waals surface area contributed by atoms with Crippen LogP contribution in [0, 0.1) is 0 Å². The topological polar surface area (TPSA) is 60.5 Å². The van der Waals surface area contributed by atoms with Gasteiger partial charge in [-0.15, -0.1) is 0 Å². The molecule has 5 nitrogen and oxygen atoms in total. The number of benzene rings is 1. The molecule has 128 valence electrons. The van der Waals surface area contributed by atoms with E-state index in [1.165, 1.54) is 11.8 Å². The summed E-state index contributed by atoms with van der Waals surface area (Å²) in [6.07, 6.45) is 1.65. The third-order valence-electron chi connectivity index (χ3n) is 2.89. The Morgan fingerprint density at radius 3 is 2.58 bits per heavy atom. The van der Waals surface area contributed by atoms with E-state index in [2.05, 4.69) is 10.3 Å². The minimum absolute atomic E-state index is 0.0861. The molecule has 0 fully saturated rings. The maximum Gasteiger partial charge on any atom is 0.230 e. The molecule has 0 aliphatic heterocycles. The molecule has 1 heterocycles. The molecular weight excluding hydrogens is 348 g/mol. The zero-order chi connectivity index (χ0) is 17.2. The van der Waals surface area contributed by atoms with Crippen LogP contribution < -0.4 is 14.8 Å². The molecule has 1 N–H and O–H groups in total. The lowest BCUT2D eigenvalue weighted by atomic mass is 10.3. The molecule has 2 aromatic rings. The second kappa shape index (κ2) is 10.1. The Kier molecular flexibility index (Phi) is 7.71. The average molecular weight is 367 g/mol. The first-order chi connectivity index (χ1) is 11.7. The van der Waals surface area contributed by atoms with Gasteiger partial charge in [-0.1, -0.05) is 23.4 Å². The monoisotopic (exact) mass is 366 g/mol. The van der Waals surface area contributed by atoms with E-state index in [0.29, 0.717) is 29.8 Å². The van der Waals surface area contributed by atoms with Crippen LogP contribution in [0.2, 0.25) is 5.02 Å². The van der Waals surface area contributed by atoms with Crippen molar-refractivity contribution in [3.8, 4) is 11.5 Å². The summed E-state index contributed by atoms with van der Waals surface area (Å²) in [6, 6.07) is 10.9. The number of nitrogens with one attached hydrogen (secondary N) is 1. The highest BCUT2D eigenvalue weighted by atomic mass is 35.5. The van der Waals surface area contributed by atoms with Gasteiger partial charge in [0.2, 0.25) is 5.91 Å². The Morgan fingerprint density at radius 2 is 1.92 bits per heavy atom. The van der Waals surface area contributed by atoms with Crippen LogP contribution >= 0.6 is 23.4 Å². The average Bonchev–Trinajstić information content (AvgIpc) is 2.60. The summed E-state index contributed by atoms with van der Waals surface area (Å²) in [5, 5.41) is 4.00. The molecule has 0 spiro atoms. The number of ether oxygens (including phenoxy) is 2. The van der Waals surface area contributed by atoms with E-state index in [0.717, 1.165) is 11.5 Å². The van der Waals surface area contributed by atoms with Gasteiger partial charge in [0.05, 0.1) is 23.9 Å². The molecule has 1 aromatic heterocycles. The van der Waals surface area contributed by atoms with Gasteiger partial charge in [-0.2, -0.15) is 0 Å². The van der Waals surface area contributed by atoms with Gasteiger partial charge >= 0.3 is 0 Å². The Labute approximate surface area is 150 Å². The quantitative estimate of drug-likeness (QED) is 0.544. The lowest BCUT2D eigenvalue weighted by Crippen LogP contribution is -2.29. The number of thioether (sulfide) groups is 1. The van der Waals surface area contributed by atoms with Gasteiger partial charge in [-0.25, -0.2) is 4.98 Å². The lowest BCUT2D eigenvalue weighted by molar-refractivity contribution is -0.118. The van der Waals surface area contributed by atoms with E-state index in [1.807, 2.05) is 31.2 Å². The minimum Gasteiger partial charge on any atom is -0.494 e.